The van der Waals surface area contributed by atoms with Crippen LogP contribution in [0.5, 0.6) is 0 Å². The third-order valence-electron chi connectivity index (χ3n) is 1.99. The lowest BCUT2D eigenvalue weighted by Gasteiger charge is -2.09. The summed E-state index contributed by atoms with van der Waals surface area (Å²) in [4.78, 5) is 20.1. The van der Waals surface area contributed by atoms with Crippen molar-refractivity contribution in [3.8, 4) is 6.07 Å². The molecular weight excluding hydrogens is 277 g/mol. The minimum atomic E-state index is -5.01. The van der Waals surface area contributed by atoms with Crippen molar-refractivity contribution < 1.29 is 22.9 Å². The average Bonchev–Trinajstić information content (AvgIpc) is 2.25. The van der Waals surface area contributed by atoms with Gasteiger partial charge in [0.15, 0.2) is 0 Å². The summed E-state index contributed by atoms with van der Waals surface area (Å²) in [6, 6.07) is 2.16. The first-order chi connectivity index (χ1) is 8.20. The minimum absolute atomic E-state index is 0.342. The normalized spacial score (nSPS) is 10.8. The lowest BCUT2D eigenvalue weighted by molar-refractivity contribution is -0.388. The van der Waals surface area contributed by atoms with Gasteiger partial charge in [0.25, 0.3) is 10.9 Å². The highest BCUT2D eigenvalue weighted by atomic mass is 35.5. The van der Waals surface area contributed by atoms with Crippen molar-refractivity contribution in [1.82, 2.24) is 0 Å². The molecule has 5 nitrogen and oxygen atoms in total. The first-order valence-electron chi connectivity index (χ1n) is 4.18. The summed E-state index contributed by atoms with van der Waals surface area (Å²) in [5, 5.41) is 18.0. The van der Waals surface area contributed by atoms with Crippen LogP contribution in [-0.4, -0.2) is 10.2 Å². The molecule has 0 spiro atoms. The number of halogens is 4. The molecule has 1 aromatic carbocycles. The molecule has 0 atom stereocenters. The van der Waals surface area contributed by atoms with Crippen molar-refractivity contribution in [3.05, 3.63) is 38.9 Å². The Morgan fingerprint density at radius 2 is 2.00 bits per heavy atom. The molecule has 0 unspecified atom stereocenters. The lowest BCUT2D eigenvalue weighted by atomic mass is 10.0. The van der Waals surface area contributed by atoms with Crippen LogP contribution in [-0.2, 0) is 6.18 Å². The molecule has 0 bridgehead atoms. The maximum Gasteiger partial charge on any atom is 0.423 e. The van der Waals surface area contributed by atoms with Gasteiger partial charge >= 0.3 is 6.18 Å². The summed E-state index contributed by atoms with van der Waals surface area (Å²) < 4.78 is 37.6. The summed E-state index contributed by atoms with van der Waals surface area (Å²) >= 11 is 5.04. The Morgan fingerprint density at radius 1 is 1.44 bits per heavy atom. The molecule has 0 aromatic heterocycles. The van der Waals surface area contributed by atoms with Gasteiger partial charge in [-0.3, -0.25) is 14.9 Å². The van der Waals surface area contributed by atoms with Gasteiger partial charge in [0, 0.05) is 0 Å². The first-order valence-corrected chi connectivity index (χ1v) is 4.56. The van der Waals surface area contributed by atoms with E-state index in [2.05, 4.69) is 0 Å². The summed E-state index contributed by atoms with van der Waals surface area (Å²) in [5.74, 6) is 0. The highest BCUT2D eigenvalue weighted by molar-refractivity contribution is 6.68. The van der Waals surface area contributed by atoms with Gasteiger partial charge < -0.3 is 0 Å². The summed E-state index contributed by atoms with van der Waals surface area (Å²) in [7, 11) is 0. The molecule has 0 N–H and O–H groups in total. The fourth-order valence-electron chi connectivity index (χ4n) is 1.29. The number of nitro groups is 1. The van der Waals surface area contributed by atoms with Crippen LogP contribution >= 0.6 is 11.6 Å². The van der Waals surface area contributed by atoms with Crippen LogP contribution in [0.25, 0.3) is 0 Å². The molecule has 1 rings (SSSR count). The van der Waals surface area contributed by atoms with Gasteiger partial charge in [0.1, 0.15) is 17.2 Å². The largest absolute Gasteiger partial charge is 0.423 e. The molecule has 94 valence electrons. The molecule has 0 radical (unpaired) electrons. The van der Waals surface area contributed by atoms with Crippen molar-refractivity contribution in [2.75, 3.05) is 0 Å². The molecule has 18 heavy (non-hydrogen) atoms. The third-order valence-corrected chi connectivity index (χ3v) is 2.19. The lowest BCUT2D eigenvalue weighted by Crippen LogP contribution is -2.12. The Labute approximate surface area is 103 Å². The number of nitrogens with zero attached hydrogens (tertiary/aromatic N) is 2. The molecule has 9 heteroatoms. The van der Waals surface area contributed by atoms with Crippen molar-refractivity contribution >= 4 is 22.5 Å². The number of hydrogen-bond donors (Lipinski definition) is 0. The van der Waals surface area contributed by atoms with Gasteiger partial charge in [-0.15, -0.1) is 0 Å². The van der Waals surface area contributed by atoms with Crippen LogP contribution < -0.4 is 0 Å². The van der Waals surface area contributed by atoms with Crippen LogP contribution in [0, 0.1) is 21.4 Å². The van der Waals surface area contributed by atoms with E-state index in [4.69, 9.17) is 16.9 Å². The van der Waals surface area contributed by atoms with Gasteiger partial charge in [-0.25, -0.2) is 0 Å². The van der Waals surface area contributed by atoms with E-state index in [0.717, 1.165) is 0 Å². The zero-order valence-corrected chi connectivity index (χ0v) is 9.04. The summed E-state index contributed by atoms with van der Waals surface area (Å²) in [6.45, 7) is 0. The highest BCUT2D eigenvalue weighted by Gasteiger charge is 2.41. The van der Waals surface area contributed by atoms with E-state index >= 15 is 0 Å². The van der Waals surface area contributed by atoms with Crippen LogP contribution in [0.4, 0.5) is 18.9 Å². The molecule has 0 aliphatic rings. The standard InChI is InChI=1S/C9H2ClF3N2O3/c10-8(16)4-1-2-6(9(11,12)13)7(15(17)18)5(4)3-14/h1-2H. The number of alkyl halides is 3. The quantitative estimate of drug-likeness (QED) is 0.473. The monoisotopic (exact) mass is 278 g/mol. The molecule has 1 aromatic rings. The second kappa shape index (κ2) is 4.62. The molecule has 0 saturated carbocycles. The van der Waals surface area contributed by atoms with Gasteiger partial charge in [0.05, 0.1) is 10.5 Å². The Bertz CT molecular complexity index is 578. The SMILES string of the molecule is N#Cc1c(C(=O)Cl)ccc(C(F)(F)F)c1[N+](=O)[O-]. The van der Waals surface area contributed by atoms with E-state index in [1.165, 1.54) is 6.07 Å². The molecule has 0 saturated heterocycles. The summed E-state index contributed by atoms with van der Waals surface area (Å²) in [5.41, 5.74) is -4.73. The van der Waals surface area contributed by atoms with Crippen molar-refractivity contribution in [3.63, 3.8) is 0 Å². The Kier molecular flexibility index (Phi) is 3.57. The van der Waals surface area contributed by atoms with Crippen molar-refractivity contribution in [1.29, 1.82) is 5.26 Å². The second-order valence-electron chi connectivity index (χ2n) is 3.02. The molecular formula is C9H2ClF3N2O3. The molecule has 0 aliphatic carbocycles. The van der Waals surface area contributed by atoms with E-state index in [-0.39, 0.29) is 0 Å². The predicted molar refractivity (Wildman–Crippen MR) is 53.0 cm³/mol. The van der Waals surface area contributed by atoms with Crippen molar-refractivity contribution in [2.24, 2.45) is 0 Å². The Morgan fingerprint density at radius 3 is 2.33 bits per heavy atom. The van der Waals surface area contributed by atoms with Gasteiger partial charge in [0.2, 0.25) is 0 Å². The number of nitro benzene ring substituents is 1. The smallest absolute Gasteiger partial charge is 0.276 e. The zero-order chi connectivity index (χ0) is 14.1. The van der Waals surface area contributed by atoms with Crippen LogP contribution in [0.1, 0.15) is 21.5 Å². The number of rotatable bonds is 2. The van der Waals surface area contributed by atoms with Crippen LogP contribution in [0.3, 0.4) is 0 Å². The van der Waals surface area contributed by atoms with E-state index < -0.39 is 38.7 Å². The van der Waals surface area contributed by atoms with E-state index in [9.17, 15) is 28.1 Å². The van der Waals surface area contributed by atoms with Gasteiger partial charge in [-0.05, 0) is 23.7 Å². The maximum absolute atomic E-state index is 12.5. The van der Waals surface area contributed by atoms with Crippen LogP contribution in [0.15, 0.2) is 12.1 Å². The van der Waals surface area contributed by atoms with Crippen molar-refractivity contribution in [2.45, 2.75) is 6.18 Å². The fraction of sp³-hybridized carbons (Fsp3) is 0.111. The predicted octanol–water partition coefficient (Wildman–Crippen LogP) is 2.86. The minimum Gasteiger partial charge on any atom is -0.276 e. The fourth-order valence-corrected chi connectivity index (χ4v) is 1.44. The number of carbonyl (C=O) groups is 1. The Hall–Kier alpha value is -2.14. The first kappa shape index (κ1) is 13.9. The number of hydrogen-bond acceptors (Lipinski definition) is 4. The topological polar surface area (TPSA) is 84.0 Å². The molecule has 0 amide bonds. The number of benzene rings is 1. The average molecular weight is 279 g/mol. The van der Waals surface area contributed by atoms with E-state index in [1.807, 2.05) is 0 Å². The molecule has 0 aliphatic heterocycles. The third kappa shape index (κ3) is 2.41. The van der Waals surface area contributed by atoms with Crippen LogP contribution in [0.2, 0.25) is 0 Å². The molecule has 0 heterocycles. The summed E-state index contributed by atoms with van der Waals surface area (Å²) in [6.07, 6.45) is -5.01. The number of carbonyl (C=O) groups excluding carboxylic acids is 1. The highest BCUT2D eigenvalue weighted by Crippen LogP contribution is 2.39. The van der Waals surface area contributed by atoms with Gasteiger partial charge in [-0.2, -0.15) is 18.4 Å². The van der Waals surface area contributed by atoms with Gasteiger partial charge in [-0.1, -0.05) is 0 Å². The zero-order valence-electron chi connectivity index (χ0n) is 8.29. The second-order valence-corrected chi connectivity index (χ2v) is 3.37. The molecule has 0 fully saturated rings. The Balaban J connectivity index is 3.77. The van der Waals surface area contributed by atoms with E-state index in [1.54, 1.807) is 0 Å². The maximum atomic E-state index is 12.5. The van der Waals surface area contributed by atoms with E-state index in [0.29, 0.717) is 12.1 Å². The number of nitriles is 1.